The summed E-state index contributed by atoms with van der Waals surface area (Å²) in [6.07, 6.45) is 8.57. The van der Waals surface area contributed by atoms with Crippen molar-refractivity contribution >= 4 is 0 Å². The lowest BCUT2D eigenvalue weighted by molar-refractivity contribution is -0.0207. The summed E-state index contributed by atoms with van der Waals surface area (Å²) in [6.45, 7) is 2.04. The van der Waals surface area contributed by atoms with Crippen LogP contribution in [0.3, 0.4) is 0 Å². The summed E-state index contributed by atoms with van der Waals surface area (Å²) in [5.74, 6) is 3.06. The molecule has 14 heavy (non-hydrogen) atoms. The maximum atomic E-state index is 10.1. The normalized spacial score (nSPS) is 65.1. The highest BCUT2D eigenvalue weighted by Crippen LogP contribution is 2.79. The van der Waals surface area contributed by atoms with Gasteiger partial charge in [0, 0.05) is 0 Å². The predicted octanol–water partition coefficient (Wildman–Crippen LogP) is 2.58. The van der Waals surface area contributed by atoms with Crippen LogP contribution < -0.4 is 0 Å². The van der Waals surface area contributed by atoms with Crippen molar-refractivity contribution in [1.82, 2.24) is 0 Å². The van der Waals surface area contributed by atoms with Crippen LogP contribution in [0.4, 0.5) is 0 Å². The minimum atomic E-state index is -0.0495. The van der Waals surface area contributed by atoms with Gasteiger partial charge in [-0.15, -0.1) is 0 Å². The van der Waals surface area contributed by atoms with Gasteiger partial charge in [0.25, 0.3) is 0 Å². The lowest BCUT2D eigenvalue weighted by Gasteiger charge is -2.49. The molecule has 0 saturated heterocycles. The first-order chi connectivity index (χ1) is 6.65. The maximum Gasteiger partial charge on any atom is 0.0568 e. The number of aliphatic hydroxyl groups is 1. The zero-order valence-electron chi connectivity index (χ0n) is 9.00. The molecule has 1 heteroatoms. The highest BCUT2D eigenvalue weighted by molar-refractivity contribution is 5.20. The van der Waals surface area contributed by atoms with Gasteiger partial charge in [-0.2, -0.15) is 0 Å². The van der Waals surface area contributed by atoms with Crippen molar-refractivity contribution in [1.29, 1.82) is 0 Å². The Kier molecular flexibility index (Phi) is 1.20. The van der Waals surface area contributed by atoms with Crippen LogP contribution in [-0.2, 0) is 0 Å². The summed E-state index contributed by atoms with van der Waals surface area (Å²) >= 11 is 0. The van der Waals surface area contributed by atoms with E-state index in [9.17, 15) is 5.11 Å². The number of hydrogen-bond donors (Lipinski definition) is 1. The number of fused-ring (bicyclic) bond motifs is 2. The van der Waals surface area contributed by atoms with Gasteiger partial charge in [-0.3, -0.25) is 0 Å². The van der Waals surface area contributed by atoms with E-state index in [1.165, 1.54) is 38.5 Å². The zero-order chi connectivity index (χ0) is 9.55. The molecule has 78 valence electrons. The van der Waals surface area contributed by atoms with Crippen LogP contribution in [-0.4, -0.2) is 11.2 Å². The molecule has 4 aliphatic rings. The van der Waals surface area contributed by atoms with Crippen LogP contribution in [0.25, 0.3) is 0 Å². The Hall–Kier alpha value is -0.0400. The molecule has 0 amide bonds. The fourth-order valence-electron chi connectivity index (χ4n) is 5.91. The van der Waals surface area contributed by atoms with E-state index in [0.717, 1.165) is 23.2 Å². The van der Waals surface area contributed by atoms with Crippen molar-refractivity contribution in [2.45, 2.75) is 51.6 Å². The standard InChI is InChI=1S/C13H20O/c1-8(14)12-4-9-2-10-3-11(6-12)13(10,5-9)7-12/h8-11,14H,2-7H2,1H3. The van der Waals surface area contributed by atoms with Gasteiger partial charge in [-0.05, 0) is 74.0 Å². The lowest BCUT2D eigenvalue weighted by atomic mass is 9.55. The van der Waals surface area contributed by atoms with E-state index < -0.39 is 0 Å². The molecule has 4 aliphatic carbocycles. The third kappa shape index (κ3) is 0.651. The molecule has 1 N–H and O–H groups in total. The first kappa shape index (κ1) is 8.15. The topological polar surface area (TPSA) is 20.2 Å². The van der Waals surface area contributed by atoms with Gasteiger partial charge in [-0.25, -0.2) is 0 Å². The molecule has 0 aromatic heterocycles. The summed E-state index contributed by atoms with van der Waals surface area (Å²) in [5.41, 5.74) is 1.11. The molecular weight excluding hydrogens is 172 g/mol. The average molecular weight is 192 g/mol. The van der Waals surface area contributed by atoms with Crippen molar-refractivity contribution in [3.8, 4) is 0 Å². The van der Waals surface area contributed by atoms with E-state index >= 15 is 0 Å². The quantitative estimate of drug-likeness (QED) is 0.677. The van der Waals surface area contributed by atoms with Gasteiger partial charge in [0.15, 0.2) is 0 Å². The summed E-state index contributed by atoms with van der Waals surface area (Å²) in [4.78, 5) is 0. The van der Waals surface area contributed by atoms with Gasteiger partial charge >= 0.3 is 0 Å². The molecular formula is C13H20O. The third-order valence-corrected chi connectivity index (χ3v) is 6.40. The Morgan fingerprint density at radius 1 is 1.14 bits per heavy atom. The Morgan fingerprint density at radius 3 is 2.79 bits per heavy atom. The molecule has 6 atom stereocenters. The Bertz CT molecular complexity index is 294. The Morgan fingerprint density at radius 2 is 2.00 bits per heavy atom. The second kappa shape index (κ2) is 2.07. The SMILES string of the molecule is CC(O)C12CC3CC4CC(C1)C4(C3)C2. The second-order valence-corrected chi connectivity index (χ2v) is 6.79. The molecule has 6 unspecified atom stereocenters. The molecule has 0 aromatic rings. The predicted molar refractivity (Wildman–Crippen MR) is 54.7 cm³/mol. The molecule has 1 nitrogen and oxygen atoms in total. The average Bonchev–Trinajstić information content (AvgIpc) is 2.42. The minimum absolute atomic E-state index is 0.0495. The smallest absolute Gasteiger partial charge is 0.0568 e. The molecule has 4 saturated carbocycles. The Balaban J connectivity index is 1.81. The van der Waals surface area contributed by atoms with Crippen molar-refractivity contribution in [3.63, 3.8) is 0 Å². The maximum absolute atomic E-state index is 10.1. The van der Waals surface area contributed by atoms with Crippen molar-refractivity contribution in [2.24, 2.45) is 28.6 Å². The first-order valence-corrected chi connectivity index (χ1v) is 6.33. The van der Waals surface area contributed by atoms with Crippen LogP contribution in [0.15, 0.2) is 0 Å². The number of hydrogen-bond acceptors (Lipinski definition) is 1. The zero-order valence-corrected chi connectivity index (χ0v) is 9.00. The molecule has 4 rings (SSSR count). The Labute approximate surface area is 85.9 Å². The van der Waals surface area contributed by atoms with Gasteiger partial charge in [0.2, 0.25) is 0 Å². The van der Waals surface area contributed by atoms with Crippen LogP contribution in [0.1, 0.15) is 45.4 Å². The van der Waals surface area contributed by atoms with Gasteiger partial charge in [0.1, 0.15) is 0 Å². The molecule has 1 spiro atoms. The van der Waals surface area contributed by atoms with E-state index in [2.05, 4.69) is 0 Å². The summed E-state index contributed by atoms with van der Waals surface area (Å²) < 4.78 is 0. The molecule has 0 aliphatic heterocycles. The van der Waals surface area contributed by atoms with E-state index in [-0.39, 0.29) is 6.10 Å². The molecule has 0 radical (unpaired) electrons. The largest absolute Gasteiger partial charge is 0.393 e. The van der Waals surface area contributed by atoms with Crippen LogP contribution in [0, 0.1) is 28.6 Å². The fourth-order valence-corrected chi connectivity index (χ4v) is 5.91. The monoisotopic (exact) mass is 192 g/mol. The summed E-state index contributed by atoms with van der Waals surface area (Å²) in [6, 6.07) is 0. The van der Waals surface area contributed by atoms with Gasteiger partial charge < -0.3 is 5.11 Å². The van der Waals surface area contributed by atoms with Crippen molar-refractivity contribution in [3.05, 3.63) is 0 Å². The lowest BCUT2D eigenvalue weighted by Crippen LogP contribution is -2.42. The van der Waals surface area contributed by atoms with Crippen LogP contribution in [0.2, 0.25) is 0 Å². The van der Waals surface area contributed by atoms with E-state index in [4.69, 9.17) is 0 Å². The van der Waals surface area contributed by atoms with E-state index in [1.54, 1.807) is 0 Å². The molecule has 3 bridgehead atoms. The first-order valence-electron chi connectivity index (χ1n) is 6.33. The highest BCUT2D eigenvalue weighted by Gasteiger charge is 2.71. The highest BCUT2D eigenvalue weighted by atomic mass is 16.3. The second-order valence-electron chi connectivity index (χ2n) is 6.79. The van der Waals surface area contributed by atoms with Crippen molar-refractivity contribution in [2.75, 3.05) is 0 Å². The fraction of sp³-hybridized carbons (Fsp3) is 1.00. The van der Waals surface area contributed by atoms with Crippen molar-refractivity contribution < 1.29 is 5.11 Å². The third-order valence-electron chi connectivity index (χ3n) is 6.40. The number of rotatable bonds is 1. The summed E-state index contributed by atoms with van der Waals surface area (Å²) in [5, 5.41) is 10.1. The van der Waals surface area contributed by atoms with Crippen LogP contribution >= 0.6 is 0 Å². The van der Waals surface area contributed by atoms with Crippen LogP contribution in [0.5, 0.6) is 0 Å². The number of aliphatic hydroxyl groups excluding tert-OH is 1. The molecule has 0 aromatic carbocycles. The summed E-state index contributed by atoms with van der Waals surface area (Å²) in [7, 11) is 0. The molecule has 4 fully saturated rings. The van der Waals surface area contributed by atoms with Gasteiger partial charge in [0.05, 0.1) is 6.10 Å². The van der Waals surface area contributed by atoms with Gasteiger partial charge in [-0.1, -0.05) is 0 Å². The molecule has 0 heterocycles. The minimum Gasteiger partial charge on any atom is -0.393 e. The van der Waals surface area contributed by atoms with E-state index in [0.29, 0.717) is 5.41 Å². The van der Waals surface area contributed by atoms with E-state index in [1.807, 2.05) is 6.92 Å².